The van der Waals surface area contributed by atoms with Crippen LogP contribution in [0.15, 0.2) is 11.4 Å². The van der Waals surface area contributed by atoms with Gasteiger partial charge in [0, 0.05) is 13.1 Å². The van der Waals surface area contributed by atoms with E-state index in [0.29, 0.717) is 18.0 Å². The van der Waals surface area contributed by atoms with Crippen molar-refractivity contribution in [1.82, 2.24) is 4.90 Å². The number of hydrogen-bond donors (Lipinski definition) is 1. The van der Waals surface area contributed by atoms with Crippen LogP contribution in [-0.2, 0) is 4.79 Å². The summed E-state index contributed by atoms with van der Waals surface area (Å²) >= 11 is 1.41. The van der Waals surface area contributed by atoms with E-state index in [2.05, 4.69) is 0 Å². The summed E-state index contributed by atoms with van der Waals surface area (Å²) in [7, 11) is 0. The summed E-state index contributed by atoms with van der Waals surface area (Å²) in [6, 6.07) is 1.83. The Morgan fingerprint density at radius 3 is 2.67 bits per heavy atom. The van der Waals surface area contributed by atoms with Crippen LogP contribution in [0.3, 0.4) is 0 Å². The fraction of sp³-hybridized carbons (Fsp3) is 0.400. The van der Waals surface area contributed by atoms with E-state index in [1.807, 2.05) is 18.4 Å². The average molecular weight is 225 g/mol. The summed E-state index contributed by atoms with van der Waals surface area (Å²) in [5.41, 5.74) is 1.07. The van der Waals surface area contributed by atoms with E-state index in [1.165, 1.54) is 11.3 Å². The lowest BCUT2D eigenvalue weighted by molar-refractivity contribution is -0.146. The van der Waals surface area contributed by atoms with Crippen molar-refractivity contribution in [2.75, 3.05) is 13.1 Å². The highest BCUT2D eigenvalue weighted by Crippen LogP contribution is 2.22. The third kappa shape index (κ3) is 1.87. The molecule has 15 heavy (non-hydrogen) atoms. The smallest absolute Gasteiger partial charge is 0.310 e. The topological polar surface area (TPSA) is 57.6 Å². The summed E-state index contributed by atoms with van der Waals surface area (Å²) in [6.45, 7) is 2.61. The number of hydrogen-bond acceptors (Lipinski definition) is 3. The van der Waals surface area contributed by atoms with E-state index >= 15 is 0 Å². The van der Waals surface area contributed by atoms with Gasteiger partial charge in [-0.25, -0.2) is 0 Å². The van der Waals surface area contributed by atoms with Crippen LogP contribution in [0.2, 0.25) is 0 Å². The minimum Gasteiger partial charge on any atom is -0.481 e. The number of aliphatic carboxylic acids is 1. The molecule has 0 aromatic carbocycles. The number of rotatable bonds is 2. The molecule has 1 aliphatic rings. The Morgan fingerprint density at radius 2 is 2.20 bits per heavy atom. The lowest BCUT2D eigenvalue weighted by Crippen LogP contribution is -2.52. The maximum absolute atomic E-state index is 11.8. The zero-order valence-electron chi connectivity index (χ0n) is 8.27. The van der Waals surface area contributed by atoms with Crippen LogP contribution in [0.1, 0.15) is 15.2 Å². The highest BCUT2D eigenvalue weighted by atomic mass is 32.1. The van der Waals surface area contributed by atoms with Crippen LogP contribution >= 0.6 is 11.3 Å². The average Bonchev–Trinajstić information content (AvgIpc) is 2.48. The lowest BCUT2D eigenvalue weighted by Gasteiger charge is -2.36. The number of carboxylic acids is 1. The fourth-order valence-corrected chi connectivity index (χ4v) is 2.36. The molecule has 1 aromatic heterocycles. The molecule has 0 atom stereocenters. The molecule has 0 radical (unpaired) electrons. The molecule has 1 amide bonds. The largest absolute Gasteiger partial charge is 0.481 e. The van der Waals surface area contributed by atoms with E-state index in [1.54, 1.807) is 4.90 Å². The molecule has 1 aliphatic heterocycles. The Hall–Kier alpha value is -1.36. The Labute approximate surface area is 91.1 Å². The quantitative estimate of drug-likeness (QED) is 0.823. The highest BCUT2D eigenvalue weighted by molar-refractivity contribution is 7.12. The first-order chi connectivity index (χ1) is 7.08. The molecule has 1 saturated heterocycles. The molecule has 2 heterocycles. The van der Waals surface area contributed by atoms with Crippen molar-refractivity contribution in [3.8, 4) is 0 Å². The molecule has 0 saturated carbocycles. The summed E-state index contributed by atoms with van der Waals surface area (Å²) in [4.78, 5) is 24.6. The normalized spacial score (nSPS) is 16.2. The van der Waals surface area contributed by atoms with Crippen molar-refractivity contribution in [2.45, 2.75) is 6.92 Å². The van der Waals surface area contributed by atoms with Crippen molar-refractivity contribution >= 4 is 23.2 Å². The van der Waals surface area contributed by atoms with E-state index in [0.717, 1.165) is 5.56 Å². The molecule has 0 spiro atoms. The lowest BCUT2D eigenvalue weighted by atomic mass is 10.0. The first kappa shape index (κ1) is 10.2. The van der Waals surface area contributed by atoms with E-state index in [4.69, 9.17) is 5.11 Å². The number of aryl methyl sites for hydroxylation is 1. The zero-order chi connectivity index (χ0) is 11.0. The van der Waals surface area contributed by atoms with Gasteiger partial charge in [0.1, 0.15) is 0 Å². The van der Waals surface area contributed by atoms with Gasteiger partial charge in [-0.15, -0.1) is 11.3 Å². The van der Waals surface area contributed by atoms with Crippen molar-refractivity contribution in [3.05, 3.63) is 21.9 Å². The van der Waals surface area contributed by atoms with Crippen LogP contribution in [0.4, 0.5) is 0 Å². The van der Waals surface area contributed by atoms with Crippen molar-refractivity contribution in [2.24, 2.45) is 5.92 Å². The van der Waals surface area contributed by atoms with E-state index < -0.39 is 5.97 Å². The summed E-state index contributed by atoms with van der Waals surface area (Å²) in [5, 5.41) is 10.6. The standard InChI is InChI=1S/C10H11NO3S/c1-6-2-8(15-5-6)9(12)11-3-7(4-11)10(13)14/h2,5,7H,3-4H2,1H3,(H,13,14). The van der Waals surface area contributed by atoms with E-state index in [-0.39, 0.29) is 11.8 Å². The van der Waals surface area contributed by atoms with Crippen LogP contribution in [0.25, 0.3) is 0 Å². The molecule has 1 N–H and O–H groups in total. The SMILES string of the molecule is Cc1csc(C(=O)N2CC(C(=O)O)C2)c1. The Morgan fingerprint density at radius 1 is 1.53 bits per heavy atom. The number of amides is 1. The number of nitrogens with zero attached hydrogens (tertiary/aromatic N) is 1. The van der Waals surface area contributed by atoms with Crippen LogP contribution in [-0.4, -0.2) is 35.0 Å². The number of thiophene rings is 1. The first-order valence-corrected chi connectivity index (χ1v) is 5.53. The van der Waals surface area contributed by atoms with E-state index in [9.17, 15) is 9.59 Å². The van der Waals surface area contributed by atoms with Gasteiger partial charge >= 0.3 is 5.97 Å². The van der Waals surface area contributed by atoms with Gasteiger partial charge in [0.25, 0.3) is 5.91 Å². The molecule has 1 aromatic rings. The second kappa shape index (κ2) is 3.66. The predicted molar refractivity (Wildman–Crippen MR) is 56.1 cm³/mol. The van der Waals surface area contributed by atoms with Gasteiger partial charge < -0.3 is 10.0 Å². The minimum absolute atomic E-state index is 0.0504. The molecule has 0 aliphatic carbocycles. The first-order valence-electron chi connectivity index (χ1n) is 4.65. The number of carbonyl (C=O) groups is 2. The Bertz CT molecular complexity index is 407. The van der Waals surface area contributed by atoms with Crippen LogP contribution < -0.4 is 0 Å². The third-order valence-corrected chi connectivity index (χ3v) is 3.50. The third-order valence-electron chi connectivity index (χ3n) is 2.46. The van der Waals surface area contributed by atoms with Gasteiger partial charge in [0.05, 0.1) is 10.8 Å². The van der Waals surface area contributed by atoms with Gasteiger partial charge in [0.15, 0.2) is 0 Å². The molecule has 1 fully saturated rings. The van der Waals surface area contributed by atoms with Crippen molar-refractivity contribution in [3.63, 3.8) is 0 Å². The van der Waals surface area contributed by atoms with Gasteiger partial charge in [-0.3, -0.25) is 9.59 Å². The zero-order valence-corrected chi connectivity index (χ0v) is 9.08. The maximum atomic E-state index is 11.8. The molecular weight excluding hydrogens is 214 g/mol. The Kier molecular flexibility index (Phi) is 2.48. The van der Waals surface area contributed by atoms with Gasteiger partial charge in [0.2, 0.25) is 0 Å². The molecule has 5 heteroatoms. The molecule has 0 unspecified atom stereocenters. The van der Waals surface area contributed by atoms with Gasteiger partial charge in [-0.2, -0.15) is 0 Å². The minimum atomic E-state index is -0.818. The molecule has 0 bridgehead atoms. The van der Waals surface area contributed by atoms with Gasteiger partial charge in [-0.05, 0) is 23.9 Å². The number of carboxylic acid groups (broad SMARTS) is 1. The van der Waals surface area contributed by atoms with Crippen molar-refractivity contribution < 1.29 is 14.7 Å². The monoisotopic (exact) mass is 225 g/mol. The van der Waals surface area contributed by atoms with Crippen molar-refractivity contribution in [1.29, 1.82) is 0 Å². The highest BCUT2D eigenvalue weighted by Gasteiger charge is 2.36. The summed E-state index contributed by atoms with van der Waals surface area (Å²) in [6.07, 6.45) is 0. The molecular formula is C10H11NO3S. The molecule has 80 valence electrons. The Balaban J connectivity index is 1.97. The maximum Gasteiger partial charge on any atom is 0.310 e. The van der Waals surface area contributed by atoms with Crippen LogP contribution in [0, 0.1) is 12.8 Å². The molecule has 4 nitrogen and oxygen atoms in total. The summed E-state index contributed by atoms with van der Waals surface area (Å²) in [5.74, 6) is -1.25. The van der Waals surface area contributed by atoms with Crippen LogP contribution in [0.5, 0.6) is 0 Å². The summed E-state index contributed by atoms with van der Waals surface area (Å²) < 4.78 is 0. The van der Waals surface area contributed by atoms with Gasteiger partial charge in [-0.1, -0.05) is 0 Å². The predicted octanol–water partition coefficient (Wildman–Crippen LogP) is 1.21. The second-order valence-corrected chi connectivity index (χ2v) is 4.64. The molecule has 2 rings (SSSR count). The second-order valence-electron chi connectivity index (χ2n) is 3.73. The number of likely N-dealkylation sites (tertiary alicyclic amines) is 1. The fourth-order valence-electron chi connectivity index (χ4n) is 1.50. The number of carbonyl (C=O) groups excluding carboxylic acids is 1.